The molecule has 1 fully saturated rings. The topological polar surface area (TPSA) is 36.1 Å². The van der Waals surface area contributed by atoms with E-state index in [0.717, 1.165) is 6.42 Å². The summed E-state index contributed by atoms with van der Waals surface area (Å²) >= 11 is 0. The number of halogens is 1. The Kier molecular flexibility index (Phi) is 4.48. The first-order valence-electron chi connectivity index (χ1n) is 6.14. The van der Waals surface area contributed by atoms with Crippen LogP contribution in [0.5, 0.6) is 0 Å². The van der Waals surface area contributed by atoms with Gasteiger partial charge in [0.1, 0.15) is 6.67 Å². The predicted molar refractivity (Wildman–Crippen MR) is 67.2 cm³/mol. The van der Waals surface area contributed by atoms with E-state index in [-0.39, 0.29) is 18.8 Å². The molecule has 4 heteroatoms. The van der Waals surface area contributed by atoms with Crippen LogP contribution in [0.25, 0.3) is 0 Å². The number of nitrogens with one attached hydrogen (secondary N) is 3. The van der Waals surface area contributed by atoms with Crippen molar-refractivity contribution in [2.24, 2.45) is 0 Å². The Morgan fingerprint density at radius 2 is 2.12 bits per heavy atom. The molecular weight excluding hydrogens is 217 g/mol. The van der Waals surface area contributed by atoms with E-state index in [0.29, 0.717) is 12.6 Å². The van der Waals surface area contributed by atoms with Crippen molar-refractivity contribution in [2.45, 2.75) is 38.0 Å². The van der Waals surface area contributed by atoms with Gasteiger partial charge < -0.3 is 5.32 Å². The van der Waals surface area contributed by atoms with E-state index in [1.54, 1.807) is 0 Å². The molecular formula is C13H20FN3. The molecule has 1 aromatic rings. The quantitative estimate of drug-likeness (QED) is 0.724. The van der Waals surface area contributed by atoms with Gasteiger partial charge in [0.15, 0.2) is 0 Å². The summed E-state index contributed by atoms with van der Waals surface area (Å²) in [6, 6.07) is 10.5. The van der Waals surface area contributed by atoms with Crippen molar-refractivity contribution >= 4 is 0 Å². The van der Waals surface area contributed by atoms with Crippen molar-refractivity contribution in [2.75, 3.05) is 6.67 Å². The van der Waals surface area contributed by atoms with Gasteiger partial charge in [0.05, 0.1) is 6.04 Å². The molecule has 1 aliphatic heterocycles. The highest BCUT2D eigenvalue weighted by atomic mass is 19.1. The van der Waals surface area contributed by atoms with Crippen LogP contribution in [0, 0.1) is 0 Å². The maximum Gasteiger partial charge on any atom is 0.106 e. The van der Waals surface area contributed by atoms with Crippen LogP contribution >= 0.6 is 0 Å². The summed E-state index contributed by atoms with van der Waals surface area (Å²) in [5.41, 5.74) is 7.45. The van der Waals surface area contributed by atoms with Crippen molar-refractivity contribution in [1.82, 2.24) is 16.2 Å². The second-order valence-electron chi connectivity index (χ2n) is 4.66. The lowest BCUT2D eigenvalue weighted by atomic mass is 10.0. The van der Waals surface area contributed by atoms with Crippen molar-refractivity contribution in [3.8, 4) is 0 Å². The van der Waals surface area contributed by atoms with Gasteiger partial charge in [-0.05, 0) is 18.9 Å². The summed E-state index contributed by atoms with van der Waals surface area (Å²) in [7, 11) is 0. The number of rotatable bonds is 5. The van der Waals surface area contributed by atoms with Gasteiger partial charge in [-0.2, -0.15) is 0 Å². The molecule has 17 heavy (non-hydrogen) atoms. The van der Waals surface area contributed by atoms with E-state index in [1.807, 2.05) is 30.3 Å². The third-order valence-electron chi connectivity index (χ3n) is 3.19. The largest absolute Gasteiger partial charge is 0.306 e. The lowest BCUT2D eigenvalue weighted by molar-refractivity contribution is 0.309. The van der Waals surface area contributed by atoms with Gasteiger partial charge in [0.2, 0.25) is 0 Å². The average molecular weight is 237 g/mol. The summed E-state index contributed by atoms with van der Waals surface area (Å²) in [5, 5.41) is 3.27. The van der Waals surface area contributed by atoms with Gasteiger partial charge >= 0.3 is 0 Å². The number of hydrazine groups is 1. The van der Waals surface area contributed by atoms with E-state index in [2.05, 4.69) is 23.1 Å². The number of alkyl halides is 1. The lowest BCUT2D eigenvalue weighted by Gasteiger charge is -2.21. The van der Waals surface area contributed by atoms with Crippen LogP contribution in [-0.4, -0.2) is 24.8 Å². The Balaban J connectivity index is 1.84. The highest BCUT2D eigenvalue weighted by molar-refractivity contribution is 5.14. The molecule has 0 radical (unpaired) electrons. The van der Waals surface area contributed by atoms with E-state index in [1.165, 1.54) is 5.56 Å². The Labute approximate surface area is 102 Å². The van der Waals surface area contributed by atoms with Crippen LogP contribution in [0.2, 0.25) is 0 Å². The summed E-state index contributed by atoms with van der Waals surface area (Å²) in [4.78, 5) is 0. The molecule has 0 bridgehead atoms. The molecule has 0 aliphatic carbocycles. The molecule has 3 N–H and O–H groups in total. The summed E-state index contributed by atoms with van der Waals surface area (Å²) in [6.45, 7) is 2.46. The fraction of sp³-hybridized carbons (Fsp3) is 0.538. The third kappa shape index (κ3) is 3.49. The minimum Gasteiger partial charge on any atom is -0.306 e. The maximum absolute atomic E-state index is 13.0. The molecule has 1 aromatic carbocycles. The normalized spacial score (nSPS) is 26.0. The molecule has 3 atom stereocenters. The van der Waals surface area contributed by atoms with Gasteiger partial charge in [-0.3, -0.25) is 10.9 Å². The summed E-state index contributed by atoms with van der Waals surface area (Å²) in [6.07, 6.45) is 0.955. The van der Waals surface area contributed by atoms with E-state index >= 15 is 0 Å². The van der Waals surface area contributed by atoms with Gasteiger partial charge in [0.25, 0.3) is 0 Å². The standard InChI is InChI=1S/C13H20FN3/c1-10-7-12(17-16-10)13(8-14)15-9-11-5-3-2-4-6-11/h2-6,10,12-13,15-17H,7-9H2,1H3. The van der Waals surface area contributed by atoms with Gasteiger partial charge in [-0.1, -0.05) is 30.3 Å². The zero-order valence-electron chi connectivity index (χ0n) is 10.1. The highest BCUT2D eigenvalue weighted by Gasteiger charge is 2.27. The first kappa shape index (κ1) is 12.5. The van der Waals surface area contributed by atoms with Crippen LogP contribution in [-0.2, 0) is 6.54 Å². The van der Waals surface area contributed by atoms with Gasteiger partial charge in [0, 0.05) is 18.6 Å². The summed E-state index contributed by atoms with van der Waals surface area (Å²) in [5.74, 6) is 0. The molecule has 94 valence electrons. The molecule has 1 heterocycles. The van der Waals surface area contributed by atoms with Crippen LogP contribution in [0.15, 0.2) is 30.3 Å². The molecule has 0 saturated carbocycles. The van der Waals surface area contributed by atoms with Crippen LogP contribution < -0.4 is 16.2 Å². The number of hydrogen-bond donors (Lipinski definition) is 3. The molecule has 0 spiro atoms. The van der Waals surface area contributed by atoms with Crippen LogP contribution in [0.4, 0.5) is 4.39 Å². The summed E-state index contributed by atoms with van der Waals surface area (Å²) < 4.78 is 13.0. The zero-order chi connectivity index (χ0) is 12.1. The molecule has 2 rings (SSSR count). The van der Waals surface area contributed by atoms with Crippen molar-refractivity contribution in [1.29, 1.82) is 0 Å². The van der Waals surface area contributed by atoms with Crippen molar-refractivity contribution in [3.63, 3.8) is 0 Å². The minimum atomic E-state index is -0.348. The fourth-order valence-corrected chi connectivity index (χ4v) is 2.16. The zero-order valence-corrected chi connectivity index (χ0v) is 10.1. The Morgan fingerprint density at radius 1 is 1.35 bits per heavy atom. The second kappa shape index (κ2) is 6.10. The molecule has 1 aliphatic rings. The molecule has 0 aromatic heterocycles. The lowest BCUT2D eigenvalue weighted by Crippen LogP contribution is -2.48. The third-order valence-corrected chi connectivity index (χ3v) is 3.19. The number of benzene rings is 1. The second-order valence-corrected chi connectivity index (χ2v) is 4.66. The van der Waals surface area contributed by atoms with Crippen LogP contribution in [0.1, 0.15) is 18.9 Å². The SMILES string of the molecule is CC1CC(C(CF)NCc2ccccc2)NN1. The monoisotopic (exact) mass is 237 g/mol. The van der Waals surface area contributed by atoms with E-state index in [9.17, 15) is 4.39 Å². The fourth-order valence-electron chi connectivity index (χ4n) is 2.16. The number of hydrogen-bond acceptors (Lipinski definition) is 3. The smallest absolute Gasteiger partial charge is 0.106 e. The Morgan fingerprint density at radius 3 is 2.71 bits per heavy atom. The average Bonchev–Trinajstić information content (AvgIpc) is 2.78. The minimum absolute atomic E-state index is 0.132. The Hall–Kier alpha value is -0.970. The Bertz CT molecular complexity index is 331. The van der Waals surface area contributed by atoms with Crippen LogP contribution in [0.3, 0.4) is 0 Å². The molecule has 3 unspecified atom stereocenters. The maximum atomic E-state index is 13.0. The van der Waals surface area contributed by atoms with Crippen molar-refractivity contribution < 1.29 is 4.39 Å². The predicted octanol–water partition coefficient (Wildman–Crippen LogP) is 1.37. The first-order chi connectivity index (χ1) is 8.29. The van der Waals surface area contributed by atoms with E-state index < -0.39 is 0 Å². The molecule has 0 amide bonds. The molecule has 3 nitrogen and oxygen atoms in total. The first-order valence-corrected chi connectivity index (χ1v) is 6.14. The van der Waals surface area contributed by atoms with Gasteiger partial charge in [-0.15, -0.1) is 0 Å². The van der Waals surface area contributed by atoms with E-state index in [4.69, 9.17) is 0 Å². The highest BCUT2D eigenvalue weighted by Crippen LogP contribution is 2.10. The molecule has 1 saturated heterocycles. The van der Waals surface area contributed by atoms with Gasteiger partial charge in [-0.25, -0.2) is 4.39 Å². The van der Waals surface area contributed by atoms with Crippen molar-refractivity contribution in [3.05, 3.63) is 35.9 Å².